The van der Waals surface area contributed by atoms with E-state index in [1.807, 2.05) is 0 Å². The number of rotatable bonds is 2. The zero-order valence-electron chi connectivity index (χ0n) is 7.81. The summed E-state index contributed by atoms with van der Waals surface area (Å²) < 4.78 is 31.0. The van der Waals surface area contributed by atoms with Crippen molar-refractivity contribution in [3.8, 4) is 5.75 Å². The second-order valence-electron chi connectivity index (χ2n) is 3.28. The van der Waals surface area contributed by atoms with Gasteiger partial charge in [-0.1, -0.05) is 6.07 Å². The Kier molecular flexibility index (Phi) is 2.37. The summed E-state index contributed by atoms with van der Waals surface area (Å²) >= 11 is 0. The topological polar surface area (TPSA) is 21.3 Å². The smallest absolute Gasteiger partial charge is 0.200 e. The summed E-state index contributed by atoms with van der Waals surface area (Å²) in [4.78, 5) is 0. The summed E-state index contributed by atoms with van der Waals surface area (Å²) in [6.45, 7) is 0.910. The van der Waals surface area contributed by atoms with E-state index in [1.54, 1.807) is 6.07 Å². The molecule has 1 aromatic carbocycles. The van der Waals surface area contributed by atoms with E-state index >= 15 is 0 Å². The molecule has 0 radical (unpaired) electrons. The van der Waals surface area contributed by atoms with E-state index in [1.165, 1.54) is 7.11 Å². The molecule has 0 aliphatic carbocycles. The van der Waals surface area contributed by atoms with Crippen molar-refractivity contribution in [3.05, 3.63) is 29.3 Å². The van der Waals surface area contributed by atoms with Crippen LogP contribution in [0.15, 0.2) is 12.1 Å². The molecule has 1 atom stereocenters. The number of halogens is 2. The molecule has 0 amide bonds. The second kappa shape index (κ2) is 3.53. The minimum Gasteiger partial charge on any atom is -0.493 e. The third-order valence-corrected chi connectivity index (χ3v) is 2.48. The molecule has 2 rings (SSSR count). The molecule has 1 fully saturated rings. The number of nitrogens with one attached hydrogen (secondary N) is 1. The fraction of sp³-hybridized carbons (Fsp3) is 0.400. The highest BCUT2D eigenvalue weighted by atomic mass is 19.2. The highest BCUT2D eigenvalue weighted by molar-refractivity contribution is 5.38. The van der Waals surface area contributed by atoms with Crippen molar-refractivity contribution in [1.82, 2.24) is 5.32 Å². The predicted molar refractivity (Wildman–Crippen MR) is 48.3 cm³/mol. The lowest BCUT2D eigenvalue weighted by Gasteiger charge is -2.29. The van der Waals surface area contributed by atoms with E-state index < -0.39 is 11.6 Å². The summed E-state index contributed by atoms with van der Waals surface area (Å²) in [5.74, 6) is -1.76. The third kappa shape index (κ3) is 1.35. The molecule has 1 aliphatic heterocycles. The van der Waals surface area contributed by atoms with Crippen LogP contribution in [0.2, 0.25) is 0 Å². The molecule has 0 bridgehead atoms. The number of methoxy groups -OCH3 is 1. The van der Waals surface area contributed by atoms with Gasteiger partial charge in [0, 0.05) is 11.6 Å². The van der Waals surface area contributed by atoms with Gasteiger partial charge < -0.3 is 10.1 Å². The van der Waals surface area contributed by atoms with E-state index in [0.717, 1.165) is 19.0 Å². The van der Waals surface area contributed by atoms with Crippen molar-refractivity contribution in [3.63, 3.8) is 0 Å². The first-order valence-corrected chi connectivity index (χ1v) is 4.49. The van der Waals surface area contributed by atoms with Crippen LogP contribution in [0.5, 0.6) is 5.75 Å². The van der Waals surface area contributed by atoms with Gasteiger partial charge in [-0.25, -0.2) is 4.39 Å². The van der Waals surface area contributed by atoms with Gasteiger partial charge in [0.2, 0.25) is 5.82 Å². The molecule has 1 heterocycles. The predicted octanol–water partition coefficient (Wildman–Crippen LogP) is 2.01. The Hall–Kier alpha value is -1.16. The molecular weight excluding hydrogens is 188 g/mol. The Morgan fingerprint density at radius 2 is 2.14 bits per heavy atom. The lowest BCUT2D eigenvalue weighted by molar-refractivity contribution is 0.332. The molecule has 14 heavy (non-hydrogen) atoms. The summed E-state index contributed by atoms with van der Waals surface area (Å²) in [6, 6.07) is 2.79. The average Bonchev–Trinajstić information content (AvgIpc) is 2.09. The van der Waals surface area contributed by atoms with Crippen LogP contribution in [-0.4, -0.2) is 13.7 Å². The fourth-order valence-electron chi connectivity index (χ4n) is 1.58. The fourth-order valence-corrected chi connectivity index (χ4v) is 1.58. The highest BCUT2D eigenvalue weighted by Crippen LogP contribution is 2.33. The maximum absolute atomic E-state index is 13.3. The number of benzene rings is 1. The van der Waals surface area contributed by atoms with E-state index in [2.05, 4.69) is 5.32 Å². The molecule has 1 N–H and O–H groups in total. The zero-order chi connectivity index (χ0) is 10.1. The van der Waals surface area contributed by atoms with Gasteiger partial charge in [-0.15, -0.1) is 0 Å². The first-order valence-electron chi connectivity index (χ1n) is 4.49. The quantitative estimate of drug-likeness (QED) is 0.786. The van der Waals surface area contributed by atoms with E-state index in [9.17, 15) is 8.78 Å². The minimum atomic E-state index is -0.904. The molecule has 1 saturated heterocycles. The lowest BCUT2D eigenvalue weighted by Crippen LogP contribution is -2.35. The largest absolute Gasteiger partial charge is 0.493 e. The third-order valence-electron chi connectivity index (χ3n) is 2.48. The normalized spacial score (nSPS) is 20.4. The number of hydrogen-bond donors (Lipinski definition) is 1. The van der Waals surface area contributed by atoms with Crippen LogP contribution in [-0.2, 0) is 0 Å². The first kappa shape index (κ1) is 9.40. The SMILES string of the molecule is COc1c([C@H]2CCN2)ccc(F)c1F. The molecular formula is C10H11F2NO. The van der Waals surface area contributed by atoms with Crippen molar-refractivity contribution in [2.24, 2.45) is 0 Å². The first-order chi connectivity index (χ1) is 6.74. The molecule has 1 aliphatic rings. The number of ether oxygens (including phenoxy) is 1. The summed E-state index contributed by atoms with van der Waals surface area (Å²) in [6.07, 6.45) is 0.932. The Bertz CT molecular complexity index is 350. The van der Waals surface area contributed by atoms with Gasteiger partial charge in [-0.2, -0.15) is 4.39 Å². The monoisotopic (exact) mass is 199 g/mol. The van der Waals surface area contributed by atoms with Crippen molar-refractivity contribution in [1.29, 1.82) is 0 Å². The molecule has 0 unspecified atom stereocenters. The molecule has 0 saturated carbocycles. The Morgan fingerprint density at radius 1 is 1.43 bits per heavy atom. The molecule has 4 heteroatoms. The van der Waals surface area contributed by atoms with Crippen LogP contribution in [0.25, 0.3) is 0 Å². The van der Waals surface area contributed by atoms with Crippen molar-refractivity contribution >= 4 is 0 Å². The van der Waals surface area contributed by atoms with Gasteiger partial charge in [0.15, 0.2) is 11.6 Å². The van der Waals surface area contributed by atoms with Crippen molar-refractivity contribution in [2.75, 3.05) is 13.7 Å². The van der Waals surface area contributed by atoms with Crippen molar-refractivity contribution < 1.29 is 13.5 Å². The van der Waals surface area contributed by atoms with Gasteiger partial charge in [-0.3, -0.25) is 0 Å². The second-order valence-corrected chi connectivity index (χ2v) is 3.28. The molecule has 76 valence electrons. The standard InChI is InChI=1S/C10H11F2NO/c1-14-10-6(8-4-5-13-8)2-3-7(11)9(10)12/h2-3,8,13H,4-5H2,1H3/t8-/m1/s1. The van der Waals surface area contributed by atoms with E-state index in [0.29, 0.717) is 5.56 Å². The number of hydrogen-bond acceptors (Lipinski definition) is 2. The molecule has 0 spiro atoms. The lowest BCUT2D eigenvalue weighted by atomic mass is 9.97. The maximum atomic E-state index is 13.3. The maximum Gasteiger partial charge on any atom is 0.200 e. The summed E-state index contributed by atoms with van der Waals surface area (Å²) in [5, 5.41) is 3.11. The van der Waals surface area contributed by atoms with Crippen LogP contribution in [0, 0.1) is 11.6 Å². The van der Waals surface area contributed by atoms with Crippen LogP contribution >= 0.6 is 0 Å². The Labute approximate surface area is 80.9 Å². The summed E-state index contributed by atoms with van der Waals surface area (Å²) in [5.41, 5.74) is 0.692. The van der Waals surface area contributed by atoms with Crippen LogP contribution < -0.4 is 10.1 Å². The van der Waals surface area contributed by atoms with Gasteiger partial charge in [0.25, 0.3) is 0 Å². The van der Waals surface area contributed by atoms with Gasteiger partial charge >= 0.3 is 0 Å². The van der Waals surface area contributed by atoms with Crippen LogP contribution in [0.3, 0.4) is 0 Å². The summed E-state index contributed by atoms with van der Waals surface area (Å²) in [7, 11) is 1.35. The van der Waals surface area contributed by atoms with E-state index in [-0.39, 0.29) is 11.8 Å². The van der Waals surface area contributed by atoms with Gasteiger partial charge in [0.1, 0.15) is 0 Å². The highest BCUT2D eigenvalue weighted by Gasteiger charge is 2.25. The van der Waals surface area contributed by atoms with Crippen LogP contribution in [0.4, 0.5) is 8.78 Å². The van der Waals surface area contributed by atoms with Crippen LogP contribution in [0.1, 0.15) is 18.0 Å². The minimum absolute atomic E-state index is 0.0159. The molecule has 2 nitrogen and oxygen atoms in total. The average molecular weight is 199 g/mol. The zero-order valence-corrected chi connectivity index (χ0v) is 7.81. The Morgan fingerprint density at radius 3 is 2.64 bits per heavy atom. The van der Waals surface area contributed by atoms with Gasteiger partial charge in [-0.05, 0) is 19.0 Å². The van der Waals surface area contributed by atoms with E-state index in [4.69, 9.17) is 4.74 Å². The molecule has 0 aromatic heterocycles. The Balaban J connectivity index is 2.43. The van der Waals surface area contributed by atoms with Crippen molar-refractivity contribution in [2.45, 2.75) is 12.5 Å². The molecule has 1 aromatic rings. The van der Waals surface area contributed by atoms with Gasteiger partial charge in [0.05, 0.1) is 7.11 Å².